The van der Waals surface area contributed by atoms with Gasteiger partial charge in [-0.3, -0.25) is 4.79 Å². The third kappa shape index (κ3) is 4.88. The van der Waals surface area contributed by atoms with E-state index in [0.717, 1.165) is 0 Å². The number of halogens is 4. The lowest BCUT2D eigenvalue weighted by atomic mass is 10.1. The summed E-state index contributed by atoms with van der Waals surface area (Å²) in [6.07, 6.45) is 0. The maximum atomic E-state index is 12.1. The van der Waals surface area contributed by atoms with Crippen LogP contribution in [0.5, 0.6) is 23.0 Å². The smallest absolute Gasteiger partial charge is 0.163 e. The highest BCUT2D eigenvalue weighted by Gasteiger charge is 2.14. The molecule has 3 nitrogen and oxygen atoms in total. The Morgan fingerprint density at radius 2 is 1.22 bits per heavy atom. The van der Waals surface area contributed by atoms with Gasteiger partial charge in [0.2, 0.25) is 0 Å². The zero-order chi connectivity index (χ0) is 19.6. The minimum atomic E-state index is -0.192. The van der Waals surface area contributed by atoms with Gasteiger partial charge in [0.25, 0.3) is 0 Å². The molecule has 0 fully saturated rings. The van der Waals surface area contributed by atoms with Crippen LogP contribution in [0.25, 0.3) is 0 Å². The summed E-state index contributed by atoms with van der Waals surface area (Å²) in [6, 6.07) is 14.6. The molecule has 0 saturated heterocycles. The van der Waals surface area contributed by atoms with Gasteiger partial charge in [0.15, 0.2) is 5.78 Å². The molecule has 0 aliphatic heterocycles. The first-order valence-corrected chi connectivity index (χ1v) is 9.25. The van der Waals surface area contributed by atoms with Crippen LogP contribution >= 0.6 is 46.4 Å². The fraction of sp³-hybridized carbons (Fsp3) is 0.0500. The van der Waals surface area contributed by atoms with E-state index in [9.17, 15) is 4.79 Å². The number of hydrogen-bond acceptors (Lipinski definition) is 3. The number of carbonyl (C=O) groups excluding carboxylic acids is 1. The third-order valence-electron chi connectivity index (χ3n) is 3.57. The molecular weight excluding hydrogens is 430 g/mol. The van der Waals surface area contributed by atoms with Crippen LogP contribution in [0.15, 0.2) is 54.6 Å². The number of rotatable bonds is 5. The van der Waals surface area contributed by atoms with E-state index in [2.05, 4.69) is 0 Å². The molecule has 3 rings (SSSR count). The summed E-state index contributed by atoms with van der Waals surface area (Å²) in [5.41, 5.74) is 0.337. The van der Waals surface area contributed by atoms with Crippen molar-refractivity contribution in [3.8, 4) is 23.0 Å². The van der Waals surface area contributed by atoms with Crippen molar-refractivity contribution in [1.82, 2.24) is 0 Å². The number of ketones is 1. The van der Waals surface area contributed by atoms with E-state index < -0.39 is 0 Å². The van der Waals surface area contributed by atoms with E-state index in [0.29, 0.717) is 48.7 Å². The zero-order valence-corrected chi connectivity index (χ0v) is 17.0. The highest BCUT2D eigenvalue weighted by molar-refractivity contribution is 6.36. The molecule has 0 heterocycles. The van der Waals surface area contributed by atoms with E-state index in [-0.39, 0.29) is 5.78 Å². The Morgan fingerprint density at radius 3 is 1.74 bits per heavy atom. The summed E-state index contributed by atoms with van der Waals surface area (Å²) in [4.78, 5) is 12.1. The Hall–Kier alpha value is -1.91. The Kier molecular flexibility index (Phi) is 6.18. The van der Waals surface area contributed by atoms with Crippen molar-refractivity contribution in [1.29, 1.82) is 0 Å². The Morgan fingerprint density at radius 1 is 0.704 bits per heavy atom. The van der Waals surface area contributed by atoms with Gasteiger partial charge < -0.3 is 9.47 Å². The number of benzene rings is 3. The predicted molar refractivity (Wildman–Crippen MR) is 110 cm³/mol. The molecule has 0 atom stereocenters. The van der Waals surface area contributed by atoms with Crippen molar-refractivity contribution in [2.45, 2.75) is 6.92 Å². The quantitative estimate of drug-likeness (QED) is 0.375. The molecule has 0 saturated carbocycles. The molecule has 0 radical (unpaired) electrons. The Balaban J connectivity index is 1.91. The Bertz CT molecular complexity index is 1020. The molecule has 7 heteroatoms. The average Bonchev–Trinajstić information content (AvgIpc) is 2.60. The number of carbonyl (C=O) groups is 1. The van der Waals surface area contributed by atoms with Crippen LogP contribution in [0.3, 0.4) is 0 Å². The van der Waals surface area contributed by atoms with E-state index >= 15 is 0 Å². The molecule has 3 aromatic carbocycles. The minimum absolute atomic E-state index is 0.192. The molecule has 0 aliphatic carbocycles. The highest BCUT2D eigenvalue weighted by Crippen LogP contribution is 2.37. The topological polar surface area (TPSA) is 35.5 Å². The van der Waals surface area contributed by atoms with Gasteiger partial charge in [-0.1, -0.05) is 46.4 Å². The largest absolute Gasteiger partial charge is 0.456 e. The van der Waals surface area contributed by atoms with Crippen molar-refractivity contribution in [3.63, 3.8) is 0 Å². The molecule has 0 spiro atoms. The van der Waals surface area contributed by atoms with E-state index in [4.69, 9.17) is 55.9 Å². The summed E-state index contributed by atoms with van der Waals surface area (Å²) in [7, 11) is 0. The highest BCUT2D eigenvalue weighted by atomic mass is 35.5. The van der Waals surface area contributed by atoms with E-state index in [1.807, 2.05) is 0 Å². The zero-order valence-electron chi connectivity index (χ0n) is 13.9. The van der Waals surface area contributed by atoms with Crippen LogP contribution < -0.4 is 9.47 Å². The number of hydrogen-bond donors (Lipinski definition) is 0. The van der Waals surface area contributed by atoms with Gasteiger partial charge in [-0.05, 0) is 61.5 Å². The minimum Gasteiger partial charge on any atom is -0.456 e. The first-order valence-electron chi connectivity index (χ1n) is 7.74. The molecule has 138 valence electrons. The first-order chi connectivity index (χ1) is 12.8. The second-order valence-electron chi connectivity index (χ2n) is 5.57. The maximum absolute atomic E-state index is 12.1. The second kappa shape index (κ2) is 8.41. The molecule has 0 aromatic heterocycles. The third-order valence-corrected chi connectivity index (χ3v) is 4.63. The van der Waals surface area contributed by atoms with Gasteiger partial charge in [0, 0.05) is 10.0 Å². The van der Waals surface area contributed by atoms with Gasteiger partial charge in [0.05, 0.1) is 15.6 Å². The lowest BCUT2D eigenvalue weighted by molar-refractivity contribution is 0.101. The molecule has 0 N–H and O–H groups in total. The van der Waals surface area contributed by atoms with Crippen LogP contribution in [0, 0.1) is 0 Å². The van der Waals surface area contributed by atoms with Gasteiger partial charge in [-0.2, -0.15) is 0 Å². The van der Waals surface area contributed by atoms with Crippen LogP contribution in [-0.2, 0) is 0 Å². The molecule has 0 unspecified atom stereocenters. The Labute approximate surface area is 176 Å². The normalized spacial score (nSPS) is 10.6. The van der Waals surface area contributed by atoms with E-state index in [1.54, 1.807) is 54.6 Å². The van der Waals surface area contributed by atoms with Crippen LogP contribution in [0.1, 0.15) is 17.3 Å². The molecule has 27 heavy (non-hydrogen) atoms. The van der Waals surface area contributed by atoms with Crippen LogP contribution in [0.4, 0.5) is 0 Å². The van der Waals surface area contributed by atoms with Crippen molar-refractivity contribution >= 4 is 52.2 Å². The van der Waals surface area contributed by atoms with E-state index in [1.165, 1.54) is 6.92 Å². The summed E-state index contributed by atoms with van der Waals surface area (Å²) in [6.45, 7) is 1.44. The van der Waals surface area contributed by atoms with Crippen LogP contribution in [0.2, 0.25) is 20.1 Å². The fourth-order valence-electron chi connectivity index (χ4n) is 2.30. The predicted octanol–water partition coefficient (Wildman–Crippen LogP) is 8.09. The van der Waals surface area contributed by atoms with Gasteiger partial charge in [-0.25, -0.2) is 0 Å². The van der Waals surface area contributed by atoms with Crippen molar-refractivity contribution in [3.05, 3.63) is 80.3 Å². The molecule has 0 aliphatic rings. The standard InChI is InChI=1S/C20H12Cl4O3/c1-11(25)15-10-14(26-19-5-2-12(21)8-16(19)23)4-7-18(15)27-20-6-3-13(22)9-17(20)24/h2-10H,1H3. The average molecular weight is 442 g/mol. The molecule has 0 bridgehead atoms. The van der Waals surface area contributed by atoms with Gasteiger partial charge in [-0.15, -0.1) is 0 Å². The molecule has 0 amide bonds. The summed E-state index contributed by atoms with van der Waals surface area (Å²) in [5.74, 6) is 1.39. The summed E-state index contributed by atoms with van der Waals surface area (Å²) in [5, 5.41) is 1.69. The van der Waals surface area contributed by atoms with Crippen LogP contribution in [-0.4, -0.2) is 5.78 Å². The SMILES string of the molecule is CC(=O)c1cc(Oc2ccc(Cl)cc2Cl)ccc1Oc1ccc(Cl)cc1Cl. The lowest BCUT2D eigenvalue weighted by Gasteiger charge is -2.13. The summed E-state index contributed by atoms with van der Waals surface area (Å²) < 4.78 is 11.5. The van der Waals surface area contributed by atoms with Gasteiger partial charge >= 0.3 is 0 Å². The number of Topliss-reactive ketones (excluding diaryl/α,β-unsaturated/α-hetero) is 1. The lowest BCUT2D eigenvalue weighted by Crippen LogP contribution is -1.98. The fourth-order valence-corrected chi connectivity index (χ4v) is 3.19. The van der Waals surface area contributed by atoms with Gasteiger partial charge in [0.1, 0.15) is 23.0 Å². The first kappa shape index (κ1) is 19.8. The monoisotopic (exact) mass is 440 g/mol. The summed E-state index contributed by atoms with van der Waals surface area (Å²) >= 11 is 24.0. The maximum Gasteiger partial charge on any atom is 0.163 e. The van der Waals surface area contributed by atoms with Crippen molar-refractivity contribution in [2.75, 3.05) is 0 Å². The van der Waals surface area contributed by atoms with Crippen molar-refractivity contribution < 1.29 is 14.3 Å². The number of ether oxygens (including phenoxy) is 2. The second-order valence-corrected chi connectivity index (χ2v) is 7.26. The van der Waals surface area contributed by atoms with Crippen molar-refractivity contribution in [2.24, 2.45) is 0 Å². The molecule has 3 aromatic rings. The molecular formula is C20H12Cl4O3.